The molecule has 1 heterocycles. The molecule has 1 rings (SSSR count). The molecule has 0 aromatic rings. The van der Waals surface area contributed by atoms with Crippen LogP contribution < -0.4 is 0 Å². The monoisotopic (exact) mass is 153 g/mol. The summed E-state index contributed by atoms with van der Waals surface area (Å²) in [5.41, 5.74) is 0. The van der Waals surface area contributed by atoms with Crippen LogP contribution >= 0.6 is 0 Å². The van der Waals surface area contributed by atoms with Gasteiger partial charge in [0.1, 0.15) is 0 Å². The van der Waals surface area contributed by atoms with Gasteiger partial charge in [0, 0.05) is 13.3 Å². The van der Waals surface area contributed by atoms with Crippen LogP contribution in [-0.4, -0.2) is 25.5 Å². The second-order valence-electron chi connectivity index (χ2n) is 3.12. The maximum Gasteiger partial charge on any atom is 0.0981 e. The first-order valence-corrected chi connectivity index (χ1v) is 3.98. The van der Waals surface area contributed by atoms with E-state index in [4.69, 9.17) is 4.74 Å². The lowest BCUT2D eigenvalue weighted by atomic mass is 9.97. The van der Waals surface area contributed by atoms with Crippen LogP contribution in [0.5, 0.6) is 0 Å². The molecular weight excluding hydrogens is 138 g/mol. The van der Waals surface area contributed by atoms with Gasteiger partial charge in [-0.3, -0.25) is 4.99 Å². The predicted molar refractivity (Wildman–Crippen MR) is 47.1 cm³/mol. The SMILES string of the molecule is COC1C=CC=NC1C(C)C. The van der Waals surface area contributed by atoms with Gasteiger partial charge in [-0.2, -0.15) is 0 Å². The Kier molecular flexibility index (Phi) is 2.83. The Morgan fingerprint density at radius 3 is 2.64 bits per heavy atom. The van der Waals surface area contributed by atoms with Gasteiger partial charge in [-0.25, -0.2) is 0 Å². The number of nitrogens with zero attached hydrogens (tertiary/aromatic N) is 1. The highest BCUT2D eigenvalue weighted by molar-refractivity contribution is 5.72. The van der Waals surface area contributed by atoms with Gasteiger partial charge in [-0.15, -0.1) is 0 Å². The molecule has 11 heavy (non-hydrogen) atoms. The van der Waals surface area contributed by atoms with E-state index in [0.717, 1.165) is 0 Å². The Bertz CT molecular complexity index is 172. The molecule has 0 bridgehead atoms. The highest BCUT2D eigenvalue weighted by Crippen LogP contribution is 2.16. The van der Waals surface area contributed by atoms with Crippen LogP contribution in [0.25, 0.3) is 0 Å². The zero-order chi connectivity index (χ0) is 8.27. The van der Waals surface area contributed by atoms with Crippen molar-refractivity contribution in [1.29, 1.82) is 0 Å². The second kappa shape index (κ2) is 3.67. The van der Waals surface area contributed by atoms with Gasteiger partial charge < -0.3 is 4.74 Å². The molecule has 0 saturated carbocycles. The zero-order valence-electron chi connectivity index (χ0n) is 7.32. The van der Waals surface area contributed by atoms with Gasteiger partial charge in [-0.05, 0) is 12.0 Å². The van der Waals surface area contributed by atoms with E-state index in [0.29, 0.717) is 12.0 Å². The minimum Gasteiger partial charge on any atom is -0.375 e. The standard InChI is InChI=1S/C9H15NO/c1-7(2)9-8(11-3)5-4-6-10-9/h4-9H,1-3H3. The molecule has 1 aliphatic rings. The summed E-state index contributed by atoms with van der Waals surface area (Å²) < 4.78 is 5.26. The summed E-state index contributed by atoms with van der Waals surface area (Å²) in [6.45, 7) is 4.32. The Morgan fingerprint density at radius 1 is 1.45 bits per heavy atom. The van der Waals surface area contributed by atoms with Crippen molar-refractivity contribution in [1.82, 2.24) is 0 Å². The van der Waals surface area contributed by atoms with E-state index < -0.39 is 0 Å². The summed E-state index contributed by atoms with van der Waals surface area (Å²) in [4.78, 5) is 4.34. The maximum atomic E-state index is 5.26. The van der Waals surface area contributed by atoms with Crippen molar-refractivity contribution in [2.24, 2.45) is 10.9 Å². The summed E-state index contributed by atoms with van der Waals surface area (Å²) in [5, 5.41) is 0. The first kappa shape index (κ1) is 8.47. The number of allylic oxidation sites excluding steroid dienone is 1. The topological polar surface area (TPSA) is 21.6 Å². The summed E-state index contributed by atoms with van der Waals surface area (Å²) in [7, 11) is 1.73. The average Bonchev–Trinajstić information content (AvgIpc) is 2.04. The number of hydrogen-bond acceptors (Lipinski definition) is 2. The van der Waals surface area contributed by atoms with Gasteiger partial charge >= 0.3 is 0 Å². The number of rotatable bonds is 2. The lowest BCUT2D eigenvalue weighted by Gasteiger charge is -2.24. The van der Waals surface area contributed by atoms with Crippen molar-refractivity contribution < 1.29 is 4.74 Å². The third-order valence-corrected chi connectivity index (χ3v) is 1.94. The van der Waals surface area contributed by atoms with E-state index in [1.807, 2.05) is 12.3 Å². The van der Waals surface area contributed by atoms with Crippen LogP contribution in [-0.2, 0) is 4.74 Å². The fraction of sp³-hybridized carbons (Fsp3) is 0.667. The van der Waals surface area contributed by atoms with Crippen molar-refractivity contribution in [2.75, 3.05) is 7.11 Å². The van der Waals surface area contributed by atoms with Crippen molar-refractivity contribution in [3.63, 3.8) is 0 Å². The highest BCUT2D eigenvalue weighted by Gasteiger charge is 2.22. The van der Waals surface area contributed by atoms with Crippen LogP contribution in [0.4, 0.5) is 0 Å². The first-order valence-electron chi connectivity index (χ1n) is 3.98. The lowest BCUT2D eigenvalue weighted by molar-refractivity contribution is 0.103. The molecule has 0 radical (unpaired) electrons. The fourth-order valence-corrected chi connectivity index (χ4v) is 1.28. The van der Waals surface area contributed by atoms with E-state index in [2.05, 4.69) is 24.9 Å². The molecular formula is C9H15NO. The maximum absolute atomic E-state index is 5.26. The van der Waals surface area contributed by atoms with Crippen molar-refractivity contribution in [3.8, 4) is 0 Å². The van der Waals surface area contributed by atoms with E-state index in [-0.39, 0.29) is 6.10 Å². The highest BCUT2D eigenvalue weighted by atomic mass is 16.5. The molecule has 2 nitrogen and oxygen atoms in total. The lowest BCUT2D eigenvalue weighted by Crippen LogP contribution is -2.31. The summed E-state index contributed by atoms with van der Waals surface area (Å²) in [5.74, 6) is 0.543. The number of aliphatic imine (C=N–C) groups is 1. The smallest absolute Gasteiger partial charge is 0.0981 e. The van der Waals surface area contributed by atoms with Gasteiger partial charge in [0.25, 0.3) is 0 Å². The van der Waals surface area contributed by atoms with Crippen LogP contribution in [0.1, 0.15) is 13.8 Å². The molecule has 0 aromatic heterocycles. The Hall–Kier alpha value is -0.630. The van der Waals surface area contributed by atoms with Gasteiger partial charge in [-0.1, -0.05) is 19.9 Å². The zero-order valence-corrected chi connectivity index (χ0v) is 7.32. The van der Waals surface area contributed by atoms with Crippen LogP contribution in [0.15, 0.2) is 17.1 Å². The minimum atomic E-state index is 0.167. The van der Waals surface area contributed by atoms with Crippen LogP contribution in [0, 0.1) is 5.92 Å². The molecule has 2 heteroatoms. The molecule has 2 unspecified atom stereocenters. The van der Waals surface area contributed by atoms with Gasteiger partial charge in [0.2, 0.25) is 0 Å². The van der Waals surface area contributed by atoms with Crippen molar-refractivity contribution in [2.45, 2.75) is 26.0 Å². The second-order valence-corrected chi connectivity index (χ2v) is 3.12. The number of methoxy groups -OCH3 is 1. The third-order valence-electron chi connectivity index (χ3n) is 1.94. The molecule has 0 aliphatic carbocycles. The molecule has 0 aromatic carbocycles. The molecule has 0 spiro atoms. The third kappa shape index (κ3) is 1.90. The molecule has 0 fully saturated rings. The Balaban J connectivity index is 2.63. The van der Waals surface area contributed by atoms with E-state index in [9.17, 15) is 0 Å². The number of hydrogen-bond donors (Lipinski definition) is 0. The Morgan fingerprint density at radius 2 is 2.18 bits per heavy atom. The first-order chi connectivity index (χ1) is 5.25. The Labute approximate surface area is 68.0 Å². The largest absolute Gasteiger partial charge is 0.375 e. The molecule has 0 N–H and O–H groups in total. The number of dihydropyridines is 1. The summed E-state index contributed by atoms with van der Waals surface area (Å²) in [6.07, 6.45) is 6.00. The minimum absolute atomic E-state index is 0.167. The van der Waals surface area contributed by atoms with Crippen molar-refractivity contribution >= 4 is 6.21 Å². The molecule has 0 amide bonds. The normalized spacial score (nSPS) is 29.8. The van der Waals surface area contributed by atoms with Gasteiger partial charge in [0.15, 0.2) is 0 Å². The van der Waals surface area contributed by atoms with E-state index in [1.54, 1.807) is 7.11 Å². The van der Waals surface area contributed by atoms with Gasteiger partial charge in [0.05, 0.1) is 12.1 Å². The molecule has 2 atom stereocenters. The predicted octanol–water partition coefficient (Wildman–Crippen LogP) is 1.67. The average molecular weight is 153 g/mol. The fourth-order valence-electron chi connectivity index (χ4n) is 1.28. The van der Waals surface area contributed by atoms with E-state index >= 15 is 0 Å². The molecule has 1 aliphatic heterocycles. The van der Waals surface area contributed by atoms with Crippen LogP contribution in [0.2, 0.25) is 0 Å². The van der Waals surface area contributed by atoms with E-state index in [1.165, 1.54) is 0 Å². The quantitative estimate of drug-likeness (QED) is 0.591. The van der Waals surface area contributed by atoms with Crippen molar-refractivity contribution in [3.05, 3.63) is 12.2 Å². The molecule has 0 saturated heterocycles. The summed E-state index contributed by atoms with van der Waals surface area (Å²) in [6, 6.07) is 0.296. The van der Waals surface area contributed by atoms with Crippen LogP contribution in [0.3, 0.4) is 0 Å². The summed E-state index contributed by atoms with van der Waals surface area (Å²) >= 11 is 0. The molecule has 62 valence electrons. The number of ether oxygens (including phenoxy) is 1.